The first-order valence-corrected chi connectivity index (χ1v) is 4.01. The summed E-state index contributed by atoms with van der Waals surface area (Å²) in [4.78, 5) is 10.8. The molecule has 1 fully saturated rings. The van der Waals surface area contributed by atoms with Gasteiger partial charge in [-0.1, -0.05) is 5.16 Å². The van der Waals surface area contributed by atoms with Gasteiger partial charge in [-0.3, -0.25) is 0 Å². The van der Waals surface area contributed by atoms with E-state index in [1.807, 2.05) is 0 Å². The van der Waals surface area contributed by atoms with Crippen LogP contribution < -0.4 is 11.1 Å². The molecule has 6 nitrogen and oxygen atoms in total. The van der Waals surface area contributed by atoms with Gasteiger partial charge in [0.15, 0.2) is 5.84 Å². The van der Waals surface area contributed by atoms with Gasteiger partial charge in [-0.25, -0.2) is 4.79 Å². The standard InChI is InChI=1S/C7H13N3O3/c1-13-7(11)9-5(4-2-3-4)6(8)10-12/h4-5,12H,2-3H2,1H3,(H2,8,10)(H,9,11). The molecule has 1 aliphatic carbocycles. The van der Waals surface area contributed by atoms with Gasteiger partial charge in [0.05, 0.1) is 13.2 Å². The van der Waals surface area contributed by atoms with E-state index in [9.17, 15) is 4.79 Å². The molecule has 0 spiro atoms. The summed E-state index contributed by atoms with van der Waals surface area (Å²) in [6.45, 7) is 0. The van der Waals surface area contributed by atoms with Crippen LogP contribution in [0.3, 0.4) is 0 Å². The summed E-state index contributed by atoms with van der Waals surface area (Å²) in [5.74, 6) is 0.294. The highest BCUT2D eigenvalue weighted by molar-refractivity contribution is 5.89. The Morgan fingerprint density at radius 1 is 1.77 bits per heavy atom. The molecule has 0 aromatic rings. The van der Waals surface area contributed by atoms with Gasteiger partial charge in [-0.05, 0) is 18.8 Å². The molecule has 74 valence electrons. The number of nitrogens with zero attached hydrogens (tertiary/aromatic N) is 1. The second-order valence-corrected chi connectivity index (χ2v) is 2.98. The normalized spacial score (nSPS) is 19.3. The minimum atomic E-state index is -0.566. The number of ether oxygens (including phenoxy) is 1. The molecule has 0 aliphatic heterocycles. The topological polar surface area (TPSA) is 96.9 Å². The van der Waals surface area contributed by atoms with Crippen LogP contribution >= 0.6 is 0 Å². The van der Waals surface area contributed by atoms with Crippen molar-refractivity contribution in [2.24, 2.45) is 16.8 Å². The lowest BCUT2D eigenvalue weighted by molar-refractivity contribution is 0.168. The number of hydrogen-bond acceptors (Lipinski definition) is 4. The molecule has 1 saturated carbocycles. The van der Waals surface area contributed by atoms with Crippen LogP contribution in [-0.2, 0) is 4.74 Å². The molecule has 4 N–H and O–H groups in total. The van der Waals surface area contributed by atoms with Crippen molar-refractivity contribution in [3.63, 3.8) is 0 Å². The summed E-state index contributed by atoms with van der Waals surface area (Å²) in [6, 6.07) is -0.405. The van der Waals surface area contributed by atoms with Gasteiger partial charge in [0.2, 0.25) is 0 Å². The maximum absolute atomic E-state index is 10.8. The first kappa shape index (κ1) is 9.63. The third-order valence-electron chi connectivity index (χ3n) is 1.99. The van der Waals surface area contributed by atoms with Gasteiger partial charge in [0.25, 0.3) is 0 Å². The maximum atomic E-state index is 10.8. The summed E-state index contributed by atoms with van der Waals surface area (Å²) in [6.07, 6.45) is 1.39. The van der Waals surface area contributed by atoms with Crippen molar-refractivity contribution in [3.8, 4) is 0 Å². The second kappa shape index (κ2) is 3.97. The number of nitrogens with two attached hydrogens (primary N) is 1. The number of amidine groups is 1. The molecule has 1 atom stereocenters. The summed E-state index contributed by atoms with van der Waals surface area (Å²) in [7, 11) is 1.27. The van der Waals surface area contributed by atoms with Crippen LogP contribution in [0, 0.1) is 5.92 Å². The first-order chi connectivity index (χ1) is 6.19. The Labute approximate surface area is 75.7 Å². The van der Waals surface area contributed by atoms with E-state index in [1.54, 1.807) is 0 Å². The number of hydrogen-bond donors (Lipinski definition) is 3. The molecule has 0 bridgehead atoms. The number of oxime groups is 1. The summed E-state index contributed by atoms with van der Waals surface area (Å²) in [5, 5.41) is 13.8. The third-order valence-corrected chi connectivity index (χ3v) is 1.99. The predicted molar refractivity (Wildman–Crippen MR) is 45.5 cm³/mol. The average Bonchev–Trinajstić information content (AvgIpc) is 2.95. The molecule has 1 rings (SSSR count). The molecule has 0 aromatic carbocycles. The lowest BCUT2D eigenvalue weighted by atomic mass is 10.2. The van der Waals surface area contributed by atoms with E-state index in [1.165, 1.54) is 7.11 Å². The minimum absolute atomic E-state index is 0.0212. The van der Waals surface area contributed by atoms with Crippen molar-refractivity contribution in [2.75, 3.05) is 7.11 Å². The summed E-state index contributed by atoms with van der Waals surface area (Å²) >= 11 is 0. The molecule has 0 aromatic heterocycles. The Morgan fingerprint density at radius 3 is 2.77 bits per heavy atom. The molecule has 0 saturated heterocycles. The van der Waals surface area contributed by atoms with Crippen molar-refractivity contribution in [1.29, 1.82) is 0 Å². The van der Waals surface area contributed by atoms with Gasteiger partial charge in [0.1, 0.15) is 0 Å². The number of carbonyl (C=O) groups is 1. The number of alkyl carbamates (subject to hydrolysis) is 1. The maximum Gasteiger partial charge on any atom is 0.407 e. The number of rotatable bonds is 3. The fourth-order valence-electron chi connectivity index (χ4n) is 1.11. The Balaban J connectivity index is 2.52. The van der Waals surface area contributed by atoms with Gasteiger partial charge in [0, 0.05) is 0 Å². The lowest BCUT2D eigenvalue weighted by Gasteiger charge is -2.15. The van der Waals surface area contributed by atoms with Gasteiger partial charge in [-0.2, -0.15) is 0 Å². The smallest absolute Gasteiger partial charge is 0.407 e. The number of nitrogens with one attached hydrogen (secondary N) is 1. The lowest BCUT2D eigenvalue weighted by Crippen LogP contribution is -2.46. The molecule has 1 amide bonds. The number of carbonyl (C=O) groups excluding carboxylic acids is 1. The SMILES string of the molecule is COC(=O)NC(C(N)=NO)C1CC1. The van der Waals surface area contributed by atoms with Crippen molar-refractivity contribution < 1.29 is 14.7 Å². The molecule has 6 heteroatoms. The number of amides is 1. The van der Waals surface area contributed by atoms with Crippen molar-refractivity contribution >= 4 is 11.9 Å². The summed E-state index contributed by atoms with van der Waals surface area (Å²) < 4.78 is 4.41. The molecule has 0 heterocycles. The van der Waals surface area contributed by atoms with Gasteiger partial charge in [-0.15, -0.1) is 0 Å². The Bertz CT molecular complexity index is 225. The van der Waals surface area contributed by atoms with Crippen LogP contribution in [0.1, 0.15) is 12.8 Å². The zero-order chi connectivity index (χ0) is 9.84. The van der Waals surface area contributed by atoms with Crippen molar-refractivity contribution in [1.82, 2.24) is 5.32 Å². The van der Waals surface area contributed by atoms with E-state index < -0.39 is 12.1 Å². The number of methoxy groups -OCH3 is 1. The Morgan fingerprint density at radius 2 is 2.38 bits per heavy atom. The highest BCUT2D eigenvalue weighted by Gasteiger charge is 2.35. The fraction of sp³-hybridized carbons (Fsp3) is 0.714. The van der Waals surface area contributed by atoms with Crippen LogP contribution in [-0.4, -0.2) is 30.3 Å². The molecule has 1 aliphatic rings. The van der Waals surface area contributed by atoms with Gasteiger partial charge >= 0.3 is 6.09 Å². The van der Waals surface area contributed by atoms with E-state index in [0.29, 0.717) is 0 Å². The van der Waals surface area contributed by atoms with Crippen LogP contribution in [0.25, 0.3) is 0 Å². The fourth-order valence-corrected chi connectivity index (χ4v) is 1.11. The molecule has 13 heavy (non-hydrogen) atoms. The second-order valence-electron chi connectivity index (χ2n) is 2.98. The third kappa shape index (κ3) is 2.50. The van der Waals surface area contributed by atoms with Gasteiger partial charge < -0.3 is 21.0 Å². The van der Waals surface area contributed by atoms with E-state index in [4.69, 9.17) is 10.9 Å². The quantitative estimate of drug-likeness (QED) is 0.248. The van der Waals surface area contributed by atoms with Crippen LogP contribution in [0.4, 0.5) is 4.79 Å². The Hall–Kier alpha value is -1.46. The van der Waals surface area contributed by atoms with E-state index in [-0.39, 0.29) is 11.8 Å². The molecule has 1 unspecified atom stereocenters. The van der Waals surface area contributed by atoms with Crippen LogP contribution in [0.15, 0.2) is 5.16 Å². The van der Waals surface area contributed by atoms with Crippen LogP contribution in [0.5, 0.6) is 0 Å². The largest absolute Gasteiger partial charge is 0.453 e. The zero-order valence-electron chi connectivity index (χ0n) is 7.36. The van der Waals surface area contributed by atoms with E-state index >= 15 is 0 Å². The molecule has 0 radical (unpaired) electrons. The average molecular weight is 187 g/mol. The van der Waals surface area contributed by atoms with Crippen molar-refractivity contribution in [2.45, 2.75) is 18.9 Å². The highest BCUT2D eigenvalue weighted by Crippen LogP contribution is 2.32. The summed E-state index contributed by atoms with van der Waals surface area (Å²) in [5.41, 5.74) is 5.39. The van der Waals surface area contributed by atoms with E-state index in [2.05, 4.69) is 15.2 Å². The Kier molecular flexibility index (Phi) is 2.94. The first-order valence-electron chi connectivity index (χ1n) is 4.01. The van der Waals surface area contributed by atoms with E-state index in [0.717, 1.165) is 12.8 Å². The van der Waals surface area contributed by atoms with Crippen LogP contribution in [0.2, 0.25) is 0 Å². The monoisotopic (exact) mass is 187 g/mol. The highest BCUT2D eigenvalue weighted by atomic mass is 16.5. The molecular formula is C7H13N3O3. The molecular weight excluding hydrogens is 174 g/mol. The van der Waals surface area contributed by atoms with Crippen molar-refractivity contribution in [3.05, 3.63) is 0 Å². The minimum Gasteiger partial charge on any atom is -0.453 e. The zero-order valence-corrected chi connectivity index (χ0v) is 7.36. The predicted octanol–water partition coefficient (Wildman–Crippen LogP) is -0.133.